The van der Waals surface area contributed by atoms with E-state index in [2.05, 4.69) is 37.3 Å². The van der Waals surface area contributed by atoms with Crippen molar-refractivity contribution in [1.82, 2.24) is 0 Å². The van der Waals surface area contributed by atoms with E-state index < -0.39 is 0 Å². The second-order valence-electron chi connectivity index (χ2n) is 4.82. The van der Waals surface area contributed by atoms with Gasteiger partial charge in [-0.3, -0.25) is 0 Å². The lowest BCUT2D eigenvalue weighted by molar-refractivity contribution is 0.815. The molecule has 0 N–H and O–H groups in total. The van der Waals surface area contributed by atoms with Crippen LogP contribution in [-0.4, -0.2) is 0 Å². The molecule has 0 saturated heterocycles. The molecule has 102 valence electrons. The molecule has 0 aliphatic rings. The zero-order valence-corrected chi connectivity index (χ0v) is 12.0. The lowest BCUT2D eigenvalue weighted by atomic mass is 10.0. The Morgan fingerprint density at radius 1 is 0.900 bits per heavy atom. The number of unbranched alkanes of at least 4 members (excludes halogenated alkanes) is 2. The monoisotopic (exact) mass is 263 g/mol. The van der Waals surface area contributed by atoms with Crippen molar-refractivity contribution in [1.29, 1.82) is 0 Å². The lowest BCUT2D eigenvalue weighted by Crippen LogP contribution is -1.77. The van der Waals surface area contributed by atoms with Crippen LogP contribution in [0.25, 0.3) is 17.2 Å². The van der Waals surface area contributed by atoms with Gasteiger partial charge < -0.3 is 0 Å². The van der Waals surface area contributed by atoms with E-state index in [-0.39, 0.29) is 0 Å². The number of hydrogen-bond acceptors (Lipinski definition) is 0. The van der Waals surface area contributed by atoms with E-state index in [1.807, 2.05) is 42.5 Å². The highest BCUT2D eigenvalue weighted by atomic mass is 14.0. The fraction of sp³-hybridized carbons (Fsp3) is 0.200. The number of hydrogen-bond donors (Lipinski definition) is 0. The van der Waals surface area contributed by atoms with Crippen molar-refractivity contribution >= 4 is 6.05 Å². The molecule has 0 fully saturated rings. The summed E-state index contributed by atoms with van der Waals surface area (Å²) in [5, 5.41) is 0. The van der Waals surface area contributed by atoms with Gasteiger partial charge >= 0.3 is 0 Å². The van der Waals surface area contributed by atoms with Gasteiger partial charge in [0.1, 0.15) is 0 Å². The van der Waals surface area contributed by atoms with Crippen molar-refractivity contribution in [2.45, 2.75) is 26.2 Å². The standard InChI is InChI=1S/C20H22/c1-2-3-4-5-6-8-11-18-14-16-20(17-15-18)19-12-9-7-10-13-19/h5-17H,2-4H2,1H3/b6-5+,11-8+/i11D. The van der Waals surface area contributed by atoms with E-state index in [0.717, 1.165) is 12.0 Å². The maximum Gasteiger partial charge on any atom is 0.0629 e. The Labute approximate surface area is 123 Å². The van der Waals surface area contributed by atoms with Crippen LogP contribution < -0.4 is 0 Å². The molecule has 2 aromatic rings. The molecule has 2 aromatic carbocycles. The Balaban J connectivity index is 2.05. The Morgan fingerprint density at radius 2 is 1.60 bits per heavy atom. The molecule has 0 heteroatoms. The lowest BCUT2D eigenvalue weighted by Gasteiger charge is -2.01. The highest BCUT2D eigenvalue weighted by Gasteiger charge is 1.95. The molecule has 0 amide bonds. The predicted molar refractivity (Wildman–Crippen MR) is 89.6 cm³/mol. The van der Waals surface area contributed by atoms with Crippen molar-refractivity contribution in [3.8, 4) is 11.1 Å². The molecule has 0 aliphatic carbocycles. The summed E-state index contributed by atoms with van der Waals surface area (Å²) in [6, 6.07) is 19.0. The summed E-state index contributed by atoms with van der Waals surface area (Å²) in [7, 11) is 0. The summed E-state index contributed by atoms with van der Waals surface area (Å²) in [6.07, 6.45) is 9.51. The second kappa shape index (κ2) is 8.16. The van der Waals surface area contributed by atoms with Gasteiger partial charge in [0.25, 0.3) is 0 Å². The maximum absolute atomic E-state index is 8.08. The summed E-state index contributed by atoms with van der Waals surface area (Å²) in [4.78, 5) is 0. The van der Waals surface area contributed by atoms with Crippen LogP contribution in [-0.2, 0) is 0 Å². The zero-order chi connectivity index (χ0) is 14.9. The second-order valence-corrected chi connectivity index (χ2v) is 4.82. The Kier molecular flexibility index (Phi) is 5.28. The topological polar surface area (TPSA) is 0 Å². The van der Waals surface area contributed by atoms with Crippen molar-refractivity contribution in [2.24, 2.45) is 0 Å². The first-order valence-corrected chi connectivity index (χ1v) is 7.30. The molecule has 0 unspecified atom stereocenters. The molecule has 0 nitrogen and oxygen atoms in total. The summed E-state index contributed by atoms with van der Waals surface area (Å²) >= 11 is 0. The van der Waals surface area contributed by atoms with Gasteiger partial charge in [0, 0.05) is 0 Å². The van der Waals surface area contributed by atoms with Crippen LogP contribution in [0.1, 0.15) is 33.1 Å². The summed E-state index contributed by atoms with van der Waals surface area (Å²) in [6.45, 7) is 2.19. The highest BCUT2D eigenvalue weighted by molar-refractivity contribution is 5.65. The molecule has 0 radical (unpaired) electrons. The third kappa shape index (κ3) is 4.55. The molecule has 2 rings (SSSR count). The van der Waals surface area contributed by atoms with Gasteiger partial charge in [-0.25, -0.2) is 0 Å². The number of benzene rings is 2. The average Bonchev–Trinajstić information content (AvgIpc) is 2.55. The minimum Gasteiger partial charge on any atom is -0.0845 e. The van der Waals surface area contributed by atoms with Gasteiger partial charge in [-0.15, -0.1) is 0 Å². The van der Waals surface area contributed by atoms with Crippen LogP contribution in [0.15, 0.2) is 72.8 Å². The van der Waals surface area contributed by atoms with Gasteiger partial charge in [-0.2, -0.15) is 0 Å². The normalized spacial score (nSPS) is 12.7. The molecule has 0 aliphatic heterocycles. The summed E-state index contributed by atoms with van der Waals surface area (Å²) in [5.41, 5.74) is 3.35. The molecular weight excluding hydrogens is 240 g/mol. The molecule has 20 heavy (non-hydrogen) atoms. The van der Waals surface area contributed by atoms with E-state index in [1.54, 1.807) is 0 Å². The molecule has 0 heterocycles. The average molecular weight is 263 g/mol. The van der Waals surface area contributed by atoms with E-state index >= 15 is 0 Å². The van der Waals surface area contributed by atoms with Gasteiger partial charge in [0.15, 0.2) is 0 Å². The third-order valence-electron chi connectivity index (χ3n) is 3.20. The molecule has 0 aromatic heterocycles. The Morgan fingerprint density at radius 3 is 2.30 bits per heavy atom. The first kappa shape index (κ1) is 12.9. The van der Waals surface area contributed by atoms with Gasteiger partial charge in [-0.1, -0.05) is 98.6 Å². The van der Waals surface area contributed by atoms with E-state index in [0.29, 0.717) is 6.05 Å². The van der Waals surface area contributed by atoms with E-state index in [1.165, 1.54) is 24.0 Å². The summed E-state index contributed by atoms with van der Waals surface area (Å²) in [5.74, 6) is 0. The quantitative estimate of drug-likeness (QED) is 0.435. The molecule has 0 saturated carbocycles. The number of allylic oxidation sites excluding steroid dienone is 3. The van der Waals surface area contributed by atoms with Crippen LogP contribution in [0.4, 0.5) is 0 Å². The Hall–Kier alpha value is -2.08. The van der Waals surface area contributed by atoms with Gasteiger partial charge in [0.05, 0.1) is 1.37 Å². The zero-order valence-electron chi connectivity index (χ0n) is 13.0. The number of rotatable bonds is 6. The molecule has 0 bridgehead atoms. The van der Waals surface area contributed by atoms with Gasteiger partial charge in [-0.05, 0) is 23.1 Å². The minimum absolute atomic E-state index is 0.558. The fourth-order valence-electron chi connectivity index (χ4n) is 2.02. The summed E-state index contributed by atoms with van der Waals surface area (Å²) < 4.78 is 8.08. The predicted octanol–water partition coefficient (Wildman–Crippen LogP) is 6.11. The van der Waals surface area contributed by atoms with E-state index in [9.17, 15) is 0 Å². The van der Waals surface area contributed by atoms with Crippen molar-refractivity contribution in [3.63, 3.8) is 0 Å². The first-order chi connectivity index (χ1) is 10.3. The SMILES string of the molecule is [2H]/C(=C\C=C\CCCC)c1ccc(-c2ccccc2)cc1. The molecule has 0 spiro atoms. The largest absolute Gasteiger partial charge is 0.0845 e. The third-order valence-corrected chi connectivity index (χ3v) is 3.20. The van der Waals surface area contributed by atoms with Crippen LogP contribution in [0.3, 0.4) is 0 Å². The highest BCUT2D eigenvalue weighted by Crippen LogP contribution is 2.19. The maximum atomic E-state index is 8.08. The fourth-order valence-corrected chi connectivity index (χ4v) is 2.02. The van der Waals surface area contributed by atoms with Crippen LogP contribution >= 0.6 is 0 Å². The van der Waals surface area contributed by atoms with Crippen LogP contribution in [0.5, 0.6) is 0 Å². The molecule has 0 atom stereocenters. The molecular formula is C20H22. The van der Waals surface area contributed by atoms with Crippen LogP contribution in [0.2, 0.25) is 0 Å². The van der Waals surface area contributed by atoms with Crippen molar-refractivity contribution in [3.05, 3.63) is 78.4 Å². The van der Waals surface area contributed by atoms with Gasteiger partial charge in [0.2, 0.25) is 0 Å². The van der Waals surface area contributed by atoms with Crippen molar-refractivity contribution < 1.29 is 1.37 Å². The van der Waals surface area contributed by atoms with E-state index in [4.69, 9.17) is 1.37 Å². The Bertz CT molecular complexity index is 591. The van der Waals surface area contributed by atoms with Crippen molar-refractivity contribution in [2.75, 3.05) is 0 Å². The first-order valence-electron chi connectivity index (χ1n) is 7.80. The smallest absolute Gasteiger partial charge is 0.0629 e. The minimum atomic E-state index is 0.558. The van der Waals surface area contributed by atoms with Crippen LogP contribution in [0, 0.1) is 0 Å².